The van der Waals surface area contributed by atoms with Crippen LogP contribution in [0.5, 0.6) is 0 Å². The molecule has 2 aliphatic carbocycles. The van der Waals surface area contributed by atoms with Crippen LogP contribution in [0.2, 0.25) is 0 Å². The molecule has 0 aromatic carbocycles. The zero-order valence-electron chi connectivity index (χ0n) is 9.30. The van der Waals surface area contributed by atoms with Crippen LogP contribution in [0.4, 0.5) is 0 Å². The van der Waals surface area contributed by atoms with Gasteiger partial charge in [-0.2, -0.15) is 0 Å². The molecule has 0 bridgehead atoms. The molecule has 0 spiro atoms. The van der Waals surface area contributed by atoms with E-state index in [4.69, 9.17) is 10.2 Å². The lowest BCUT2D eigenvalue weighted by atomic mass is 9.82. The lowest BCUT2D eigenvalue weighted by Crippen LogP contribution is -2.40. The van der Waals surface area contributed by atoms with Crippen molar-refractivity contribution < 1.29 is 19.8 Å². The summed E-state index contributed by atoms with van der Waals surface area (Å²) in [7, 11) is 1.71. The minimum Gasteiger partial charge on any atom is -0.481 e. The molecule has 16 heavy (non-hydrogen) atoms. The minimum atomic E-state index is -0.870. The van der Waals surface area contributed by atoms with Crippen LogP contribution < -0.4 is 0 Å². The third-order valence-electron chi connectivity index (χ3n) is 3.54. The summed E-state index contributed by atoms with van der Waals surface area (Å²) in [6.45, 7) is 0.638. The van der Waals surface area contributed by atoms with E-state index in [0.717, 1.165) is 12.8 Å². The zero-order chi connectivity index (χ0) is 11.9. The van der Waals surface area contributed by atoms with Crippen LogP contribution in [0.15, 0.2) is 0 Å². The largest absolute Gasteiger partial charge is 0.481 e. The van der Waals surface area contributed by atoms with Crippen molar-refractivity contribution in [1.82, 2.24) is 4.90 Å². The van der Waals surface area contributed by atoms with Crippen LogP contribution in [0.3, 0.4) is 0 Å². The van der Waals surface area contributed by atoms with Gasteiger partial charge in [0.25, 0.3) is 0 Å². The number of carbonyl (C=O) groups is 2. The first-order chi connectivity index (χ1) is 7.49. The molecule has 2 aliphatic rings. The second-order valence-electron chi connectivity index (χ2n) is 5.00. The molecule has 2 fully saturated rings. The van der Waals surface area contributed by atoms with E-state index in [1.54, 1.807) is 11.9 Å². The summed E-state index contributed by atoms with van der Waals surface area (Å²) in [6, 6.07) is 0. The van der Waals surface area contributed by atoms with E-state index in [1.165, 1.54) is 0 Å². The topological polar surface area (TPSA) is 77.8 Å². The van der Waals surface area contributed by atoms with Crippen molar-refractivity contribution in [2.24, 2.45) is 17.8 Å². The Hall–Kier alpha value is -1.10. The Morgan fingerprint density at radius 2 is 1.88 bits per heavy atom. The maximum atomic E-state index is 11.8. The molecule has 2 rings (SSSR count). The van der Waals surface area contributed by atoms with Gasteiger partial charge in [-0.1, -0.05) is 0 Å². The fourth-order valence-electron chi connectivity index (χ4n) is 2.35. The number of hydrogen-bond acceptors (Lipinski definition) is 3. The first-order valence-corrected chi connectivity index (χ1v) is 5.65. The molecule has 0 radical (unpaired) electrons. The number of aliphatic hydroxyl groups excluding tert-OH is 1. The monoisotopic (exact) mass is 227 g/mol. The molecule has 1 amide bonds. The van der Waals surface area contributed by atoms with Gasteiger partial charge >= 0.3 is 5.97 Å². The number of rotatable bonds is 4. The zero-order valence-corrected chi connectivity index (χ0v) is 9.30. The summed E-state index contributed by atoms with van der Waals surface area (Å²) in [6.07, 6.45) is 1.78. The maximum absolute atomic E-state index is 11.8. The number of carboxylic acid groups (broad SMARTS) is 1. The Balaban J connectivity index is 1.75. The number of aliphatic hydroxyl groups is 1. The van der Waals surface area contributed by atoms with Crippen molar-refractivity contribution in [2.75, 3.05) is 13.6 Å². The lowest BCUT2D eigenvalue weighted by molar-refractivity contribution is -0.142. The van der Waals surface area contributed by atoms with Gasteiger partial charge in [-0.05, 0) is 25.2 Å². The maximum Gasteiger partial charge on any atom is 0.307 e. The molecule has 5 nitrogen and oxygen atoms in total. The number of carbonyl (C=O) groups excluding carboxylic acids is 1. The predicted molar refractivity (Wildman–Crippen MR) is 55.6 cm³/mol. The Kier molecular flexibility index (Phi) is 2.88. The van der Waals surface area contributed by atoms with Crippen LogP contribution in [0.25, 0.3) is 0 Å². The summed E-state index contributed by atoms with van der Waals surface area (Å²) in [5.41, 5.74) is 0. The highest BCUT2D eigenvalue weighted by Crippen LogP contribution is 2.40. The number of hydrogen-bond donors (Lipinski definition) is 2. The SMILES string of the molecule is CN(CC1CC(O)C1)C(=O)C1CC1C(=O)O. The molecule has 5 heteroatoms. The molecule has 2 N–H and O–H groups in total. The smallest absolute Gasteiger partial charge is 0.307 e. The van der Waals surface area contributed by atoms with E-state index in [1.807, 2.05) is 0 Å². The van der Waals surface area contributed by atoms with Crippen molar-refractivity contribution >= 4 is 11.9 Å². The molecule has 0 aliphatic heterocycles. The van der Waals surface area contributed by atoms with Crippen LogP contribution in [0, 0.1) is 17.8 Å². The number of amides is 1. The number of carboxylic acids is 1. The Morgan fingerprint density at radius 1 is 1.25 bits per heavy atom. The normalized spacial score (nSPS) is 36.4. The van der Waals surface area contributed by atoms with Crippen LogP contribution >= 0.6 is 0 Å². The van der Waals surface area contributed by atoms with Crippen LogP contribution in [0.1, 0.15) is 19.3 Å². The fraction of sp³-hybridized carbons (Fsp3) is 0.818. The van der Waals surface area contributed by atoms with Gasteiger partial charge in [0, 0.05) is 13.6 Å². The van der Waals surface area contributed by atoms with E-state index < -0.39 is 11.9 Å². The highest BCUT2D eigenvalue weighted by atomic mass is 16.4. The van der Waals surface area contributed by atoms with Gasteiger partial charge in [-0.25, -0.2) is 0 Å². The Bertz CT molecular complexity index is 311. The second kappa shape index (κ2) is 4.05. The molecule has 2 unspecified atom stereocenters. The molecular weight excluding hydrogens is 210 g/mol. The number of nitrogens with zero attached hydrogens (tertiary/aromatic N) is 1. The highest BCUT2D eigenvalue weighted by Gasteiger charge is 2.49. The first kappa shape index (κ1) is 11.4. The summed E-state index contributed by atoms with van der Waals surface area (Å²) in [5.74, 6) is -1.33. The third kappa shape index (κ3) is 2.19. The van der Waals surface area contributed by atoms with Crippen LogP contribution in [-0.2, 0) is 9.59 Å². The molecule has 0 aromatic rings. The van der Waals surface area contributed by atoms with Crippen molar-refractivity contribution in [3.63, 3.8) is 0 Å². The van der Waals surface area contributed by atoms with Gasteiger partial charge in [0.05, 0.1) is 17.9 Å². The van der Waals surface area contributed by atoms with Gasteiger partial charge in [0.1, 0.15) is 0 Å². The fourth-order valence-corrected chi connectivity index (χ4v) is 2.35. The summed E-state index contributed by atoms with van der Waals surface area (Å²) in [5, 5.41) is 17.8. The quantitative estimate of drug-likeness (QED) is 0.705. The van der Waals surface area contributed by atoms with Crippen molar-refractivity contribution in [1.29, 1.82) is 0 Å². The summed E-state index contributed by atoms with van der Waals surface area (Å²) in [4.78, 5) is 24.0. The van der Waals surface area contributed by atoms with Gasteiger partial charge in [-0.3, -0.25) is 9.59 Å². The van der Waals surface area contributed by atoms with Crippen molar-refractivity contribution in [2.45, 2.75) is 25.4 Å². The summed E-state index contributed by atoms with van der Waals surface area (Å²) < 4.78 is 0. The molecule has 0 aromatic heterocycles. The molecule has 2 atom stereocenters. The highest BCUT2D eigenvalue weighted by molar-refractivity contribution is 5.89. The van der Waals surface area contributed by atoms with E-state index in [-0.39, 0.29) is 17.9 Å². The van der Waals surface area contributed by atoms with Crippen LogP contribution in [-0.4, -0.2) is 46.7 Å². The summed E-state index contributed by atoms with van der Waals surface area (Å²) >= 11 is 0. The van der Waals surface area contributed by atoms with Gasteiger partial charge < -0.3 is 15.1 Å². The van der Waals surface area contributed by atoms with Crippen molar-refractivity contribution in [3.8, 4) is 0 Å². The van der Waals surface area contributed by atoms with E-state index >= 15 is 0 Å². The number of aliphatic carboxylic acids is 1. The van der Waals surface area contributed by atoms with Crippen molar-refractivity contribution in [3.05, 3.63) is 0 Å². The molecule has 2 saturated carbocycles. The van der Waals surface area contributed by atoms with Gasteiger partial charge in [0.15, 0.2) is 0 Å². The molecule has 0 saturated heterocycles. The molecule has 0 heterocycles. The molecular formula is C11H17NO4. The Labute approximate surface area is 94.0 Å². The third-order valence-corrected chi connectivity index (χ3v) is 3.54. The minimum absolute atomic E-state index is 0.0613. The first-order valence-electron chi connectivity index (χ1n) is 5.65. The second-order valence-corrected chi connectivity index (χ2v) is 5.00. The average molecular weight is 227 g/mol. The van der Waals surface area contributed by atoms with E-state index in [9.17, 15) is 9.59 Å². The predicted octanol–water partition coefficient (Wildman–Crippen LogP) is -0.0636. The lowest BCUT2D eigenvalue weighted by Gasteiger charge is -2.34. The average Bonchev–Trinajstić information content (AvgIpc) is 2.93. The Morgan fingerprint density at radius 3 is 2.31 bits per heavy atom. The van der Waals surface area contributed by atoms with Gasteiger partial charge in [-0.15, -0.1) is 0 Å². The van der Waals surface area contributed by atoms with Gasteiger partial charge in [0.2, 0.25) is 5.91 Å². The standard InChI is InChI=1S/C11H17NO4/c1-12(5-6-2-7(13)3-6)10(14)8-4-9(8)11(15)16/h6-9,13H,2-5H2,1H3,(H,15,16). The van der Waals surface area contributed by atoms with E-state index in [0.29, 0.717) is 18.9 Å². The molecule has 90 valence electrons. The van der Waals surface area contributed by atoms with E-state index in [2.05, 4.69) is 0 Å².